The number of guanidine groups is 2. The number of nitrogens with one attached hydrogen (secondary N) is 1. The molecule has 6 N–H and O–H groups in total. The zero-order valence-corrected chi connectivity index (χ0v) is 8.38. The summed E-state index contributed by atoms with van der Waals surface area (Å²) in [6.45, 7) is 0. The maximum atomic E-state index is 10.9. The molecule has 0 aliphatic heterocycles. The van der Waals surface area contributed by atoms with E-state index >= 15 is 0 Å². The number of hydroxylamine groups is 2. The van der Waals surface area contributed by atoms with E-state index in [9.17, 15) is 9.59 Å². The molecule has 9 nitrogen and oxygen atoms in total. The minimum atomic E-state index is -1.29. The molecule has 9 heteroatoms. The fourth-order valence-corrected chi connectivity index (χ4v) is 0.541. The SMILES string of the molecule is CN(OC(=O)/C=C/C(=O)O)C(=N)N=C(N)N. The van der Waals surface area contributed by atoms with Crippen molar-refractivity contribution in [2.45, 2.75) is 0 Å². The summed E-state index contributed by atoms with van der Waals surface area (Å²) in [4.78, 5) is 28.7. The van der Waals surface area contributed by atoms with E-state index in [1.165, 1.54) is 7.05 Å². The number of carbonyl (C=O) groups excluding carboxylic acids is 1. The zero-order valence-electron chi connectivity index (χ0n) is 8.38. The molecule has 0 saturated carbocycles. The first-order valence-electron chi connectivity index (χ1n) is 3.87. The Morgan fingerprint density at radius 2 is 2.00 bits per heavy atom. The smallest absolute Gasteiger partial charge is 0.356 e. The molecule has 0 saturated heterocycles. The van der Waals surface area contributed by atoms with E-state index in [1.807, 2.05) is 0 Å². The third-order valence-corrected chi connectivity index (χ3v) is 1.12. The monoisotopic (exact) mass is 229 g/mol. The van der Waals surface area contributed by atoms with Crippen molar-refractivity contribution >= 4 is 23.9 Å². The molecule has 0 aromatic carbocycles. The summed E-state index contributed by atoms with van der Waals surface area (Å²) in [7, 11) is 1.21. The Labute approximate surface area is 90.4 Å². The van der Waals surface area contributed by atoms with E-state index in [-0.39, 0.29) is 5.96 Å². The summed E-state index contributed by atoms with van der Waals surface area (Å²) < 4.78 is 0. The summed E-state index contributed by atoms with van der Waals surface area (Å²) in [6.07, 6.45) is 1.28. The summed E-state index contributed by atoms with van der Waals surface area (Å²) >= 11 is 0. The molecular formula is C7H11N5O4. The average molecular weight is 229 g/mol. The maximum absolute atomic E-state index is 10.9. The number of nitrogens with zero attached hydrogens (tertiary/aromatic N) is 2. The van der Waals surface area contributed by atoms with Gasteiger partial charge in [0.1, 0.15) is 0 Å². The second-order valence-corrected chi connectivity index (χ2v) is 2.44. The molecule has 0 atom stereocenters. The molecule has 88 valence electrons. The Morgan fingerprint density at radius 3 is 2.44 bits per heavy atom. The minimum Gasteiger partial charge on any atom is -0.478 e. The normalized spacial score (nSPS) is 9.56. The van der Waals surface area contributed by atoms with Crippen LogP contribution in [0.5, 0.6) is 0 Å². The maximum Gasteiger partial charge on any atom is 0.356 e. The van der Waals surface area contributed by atoms with Gasteiger partial charge in [0.25, 0.3) is 5.96 Å². The van der Waals surface area contributed by atoms with Crippen molar-refractivity contribution in [1.82, 2.24) is 5.06 Å². The van der Waals surface area contributed by atoms with Gasteiger partial charge in [-0.05, 0) is 0 Å². The lowest BCUT2D eigenvalue weighted by Gasteiger charge is -2.13. The molecule has 16 heavy (non-hydrogen) atoms. The highest BCUT2D eigenvalue weighted by atomic mass is 16.7. The number of carboxylic acids is 1. The number of carboxylic acid groups (broad SMARTS) is 1. The molecular weight excluding hydrogens is 218 g/mol. The largest absolute Gasteiger partial charge is 0.478 e. The van der Waals surface area contributed by atoms with Crippen molar-refractivity contribution in [3.05, 3.63) is 12.2 Å². The van der Waals surface area contributed by atoms with Crippen LogP contribution in [0.4, 0.5) is 0 Å². The van der Waals surface area contributed by atoms with Gasteiger partial charge in [-0.1, -0.05) is 0 Å². The van der Waals surface area contributed by atoms with Gasteiger partial charge in [0.05, 0.1) is 0 Å². The Kier molecular flexibility index (Phi) is 5.04. The summed E-state index contributed by atoms with van der Waals surface area (Å²) in [5.74, 6) is -3.13. The van der Waals surface area contributed by atoms with Crippen LogP contribution in [0.3, 0.4) is 0 Å². The van der Waals surface area contributed by atoms with Crippen LogP contribution in [0.15, 0.2) is 17.1 Å². The predicted molar refractivity (Wildman–Crippen MR) is 54.2 cm³/mol. The van der Waals surface area contributed by atoms with Gasteiger partial charge < -0.3 is 21.4 Å². The number of rotatable bonds is 2. The van der Waals surface area contributed by atoms with Crippen molar-refractivity contribution in [1.29, 1.82) is 5.41 Å². The van der Waals surface area contributed by atoms with Crippen LogP contribution >= 0.6 is 0 Å². The molecule has 0 radical (unpaired) electrons. The topological polar surface area (TPSA) is 155 Å². The highest BCUT2D eigenvalue weighted by Crippen LogP contribution is 1.91. The van der Waals surface area contributed by atoms with Crippen LogP contribution in [0, 0.1) is 5.41 Å². The minimum absolute atomic E-state index is 0.367. The molecule has 0 rings (SSSR count). The zero-order chi connectivity index (χ0) is 12.7. The molecule has 0 fully saturated rings. The molecule has 0 spiro atoms. The second-order valence-electron chi connectivity index (χ2n) is 2.44. The van der Waals surface area contributed by atoms with Crippen LogP contribution in [-0.2, 0) is 14.4 Å². The molecule has 0 heterocycles. The van der Waals surface area contributed by atoms with Gasteiger partial charge in [-0.25, -0.2) is 9.59 Å². The van der Waals surface area contributed by atoms with E-state index in [0.29, 0.717) is 17.2 Å². The lowest BCUT2D eigenvalue weighted by atomic mass is 10.5. The van der Waals surface area contributed by atoms with E-state index in [4.69, 9.17) is 22.0 Å². The Balaban J connectivity index is 4.30. The third-order valence-electron chi connectivity index (χ3n) is 1.12. The third kappa shape index (κ3) is 5.96. The Hall–Kier alpha value is -2.58. The van der Waals surface area contributed by atoms with Crippen LogP contribution in [0.1, 0.15) is 0 Å². The van der Waals surface area contributed by atoms with Gasteiger partial charge >= 0.3 is 11.9 Å². The van der Waals surface area contributed by atoms with E-state index < -0.39 is 17.9 Å². The van der Waals surface area contributed by atoms with Gasteiger partial charge in [-0.2, -0.15) is 10.1 Å². The standard InChI is InChI=1S/C7H11N5O4/c1-12(7(10)11-6(8)9)16-5(15)3-2-4(13)14/h2-3H,1H3,(H,13,14)(H5,8,9,10,11)/b3-2+. The van der Waals surface area contributed by atoms with E-state index in [0.717, 1.165) is 0 Å². The second kappa shape index (κ2) is 6.01. The van der Waals surface area contributed by atoms with Crippen LogP contribution in [-0.4, -0.2) is 41.1 Å². The fourth-order valence-electron chi connectivity index (χ4n) is 0.541. The number of hydrogen-bond donors (Lipinski definition) is 4. The van der Waals surface area contributed by atoms with Gasteiger partial charge in [0.2, 0.25) is 0 Å². The van der Waals surface area contributed by atoms with Crippen molar-refractivity contribution < 1.29 is 19.5 Å². The van der Waals surface area contributed by atoms with Crippen LogP contribution in [0.2, 0.25) is 0 Å². The van der Waals surface area contributed by atoms with Crippen LogP contribution in [0.25, 0.3) is 0 Å². The van der Waals surface area contributed by atoms with Crippen molar-refractivity contribution in [3.63, 3.8) is 0 Å². The number of aliphatic imine (C=N–C) groups is 1. The average Bonchev–Trinajstić information content (AvgIpc) is 2.13. The summed E-state index contributed by atoms with van der Waals surface area (Å²) in [6, 6.07) is 0. The Morgan fingerprint density at radius 1 is 1.44 bits per heavy atom. The first-order valence-corrected chi connectivity index (χ1v) is 3.87. The quantitative estimate of drug-likeness (QED) is 0.189. The first kappa shape index (κ1) is 13.4. The van der Waals surface area contributed by atoms with E-state index in [1.54, 1.807) is 0 Å². The molecule has 0 aliphatic rings. The number of aliphatic carboxylic acids is 1. The summed E-state index contributed by atoms with van der Waals surface area (Å²) in [5.41, 5.74) is 9.98. The molecule has 0 amide bonds. The van der Waals surface area contributed by atoms with E-state index in [2.05, 4.69) is 9.83 Å². The molecule has 0 aromatic rings. The van der Waals surface area contributed by atoms with Gasteiger partial charge in [0, 0.05) is 19.2 Å². The van der Waals surface area contributed by atoms with Gasteiger partial charge in [-0.15, -0.1) is 0 Å². The lowest BCUT2D eigenvalue weighted by Crippen LogP contribution is -2.32. The molecule has 0 bridgehead atoms. The number of carbonyl (C=O) groups is 2. The van der Waals surface area contributed by atoms with Gasteiger partial charge in [0.15, 0.2) is 5.96 Å². The Bertz CT molecular complexity index is 358. The first-order chi connectivity index (χ1) is 7.32. The van der Waals surface area contributed by atoms with Gasteiger partial charge in [-0.3, -0.25) is 5.41 Å². The molecule has 0 aliphatic carbocycles. The predicted octanol–water partition coefficient (Wildman–Crippen LogP) is -1.77. The summed E-state index contributed by atoms with van der Waals surface area (Å²) in [5, 5.41) is 16.1. The molecule has 0 aromatic heterocycles. The van der Waals surface area contributed by atoms with Crippen molar-refractivity contribution in [2.24, 2.45) is 16.5 Å². The van der Waals surface area contributed by atoms with Crippen molar-refractivity contribution in [3.8, 4) is 0 Å². The lowest BCUT2D eigenvalue weighted by molar-refractivity contribution is -0.162. The highest BCUT2D eigenvalue weighted by molar-refractivity contribution is 5.93. The highest BCUT2D eigenvalue weighted by Gasteiger charge is 2.08. The fraction of sp³-hybridized carbons (Fsp3) is 0.143. The van der Waals surface area contributed by atoms with Crippen molar-refractivity contribution in [2.75, 3.05) is 7.05 Å². The van der Waals surface area contributed by atoms with Crippen LogP contribution < -0.4 is 11.5 Å². The number of nitrogens with two attached hydrogens (primary N) is 2. The molecule has 0 unspecified atom stereocenters. The number of hydrogen-bond acceptors (Lipinski definition) is 4.